The molecule has 18 heavy (non-hydrogen) atoms. The number of nitrogens with zero attached hydrogens (tertiary/aromatic N) is 1. The Kier molecular flexibility index (Phi) is 4.36. The van der Waals surface area contributed by atoms with E-state index in [0.29, 0.717) is 13.0 Å². The van der Waals surface area contributed by atoms with Crippen LogP contribution in [0.25, 0.3) is 0 Å². The Hall–Kier alpha value is -1.36. The van der Waals surface area contributed by atoms with Crippen molar-refractivity contribution in [3.63, 3.8) is 0 Å². The number of likely N-dealkylation sites (tertiary alicyclic amines) is 1. The maximum absolute atomic E-state index is 11.9. The van der Waals surface area contributed by atoms with Gasteiger partial charge in [-0.15, -0.1) is 0 Å². The predicted molar refractivity (Wildman–Crippen MR) is 73.2 cm³/mol. The first-order chi connectivity index (χ1) is 8.66. The van der Waals surface area contributed by atoms with E-state index in [4.69, 9.17) is 0 Å². The summed E-state index contributed by atoms with van der Waals surface area (Å²) in [6, 6.07) is 7.42. The van der Waals surface area contributed by atoms with Gasteiger partial charge in [-0.1, -0.05) is 12.1 Å². The van der Waals surface area contributed by atoms with Crippen LogP contribution in [0.4, 0.5) is 5.69 Å². The third kappa shape index (κ3) is 3.32. The molecule has 1 aliphatic heterocycles. The number of hydrogen-bond donors (Lipinski definition) is 1. The van der Waals surface area contributed by atoms with Gasteiger partial charge < -0.3 is 10.2 Å². The Morgan fingerprint density at radius 1 is 1.33 bits per heavy atom. The molecule has 1 aromatic rings. The van der Waals surface area contributed by atoms with Crippen LogP contribution in [0, 0.1) is 0 Å². The van der Waals surface area contributed by atoms with E-state index < -0.39 is 0 Å². The highest BCUT2D eigenvalue weighted by Gasteiger charge is 2.20. The summed E-state index contributed by atoms with van der Waals surface area (Å²) in [5.41, 5.74) is 0.729. The first-order valence-electron chi connectivity index (χ1n) is 5.99. The van der Waals surface area contributed by atoms with E-state index in [-0.39, 0.29) is 18.4 Å². The summed E-state index contributed by atoms with van der Waals surface area (Å²) < 4.78 is 0.836. The lowest BCUT2D eigenvalue weighted by atomic mass is 10.1. The second-order valence-electron chi connectivity index (χ2n) is 4.30. The van der Waals surface area contributed by atoms with Gasteiger partial charge in [-0.05, 0) is 40.9 Å². The van der Waals surface area contributed by atoms with E-state index in [1.165, 1.54) is 0 Å². The van der Waals surface area contributed by atoms with E-state index in [0.717, 1.165) is 23.0 Å². The molecule has 5 heteroatoms. The molecule has 1 aliphatic rings. The van der Waals surface area contributed by atoms with Gasteiger partial charge in [0.2, 0.25) is 11.8 Å². The fourth-order valence-corrected chi connectivity index (χ4v) is 2.34. The van der Waals surface area contributed by atoms with E-state index in [1.54, 1.807) is 4.90 Å². The normalized spacial score (nSPS) is 15.6. The van der Waals surface area contributed by atoms with Crippen molar-refractivity contribution >= 4 is 33.4 Å². The molecule has 0 atom stereocenters. The summed E-state index contributed by atoms with van der Waals surface area (Å²) in [7, 11) is 0. The van der Waals surface area contributed by atoms with Crippen LogP contribution in [0.3, 0.4) is 0 Å². The van der Waals surface area contributed by atoms with Crippen molar-refractivity contribution in [2.75, 3.05) is 18.4 Å². The van der Waals surface area contributed by atoms with Crippen molar-refractivity contribution in [1.82, 2.24) is 4.90 Å². The highest BCUT2D eigenvalue weighted by atomic mass is 79.9. The molecule has 0 aromatic heterocycles. The van der Waals surface area contributed by atoms with Gasteiger partial charge in [0.25, 0.3) is 0 Å². The van der Waals surface area contributed by atoms with Crippen molar-refractivity contribution in [1.29, 1.82) is 0 Å². The molecule has 0 saturated carbocycles. The predicted octanol–water partition coefficient (Wildman–Crippen LogP) is 2.40. The Bertz CT molecular complexity index is 462. The fourth-order valence-electron chi connectivity index (χ4n) is 1.95. The van der Waals surface area contributed by atoms with Gasteiger partial charge in [0.05, 0.1) is 12.2 Å². The van der Waals surface area contributed by atoms with Crippen LogP contribution in [0.2, 0.25) is 0 Å². The van der Waals surface area contributed by atoms with Crippen LogP contribution in [0.5, 0.6) is 0 Å². The molecule has 1 saturated heterocycles. The lowest BCUT2D eigenvalue weighted by Gasteiger charge is -2.26. The molecule has 4 nitrogen and oxygen atoms in total. The lowest BCUT2D eigenvalue weighted by molar-refractivity contribution is -0.136. The van der Waals surface area contributed by atoms with Crippen molar-refractivity contribution < 1.29 is 9.59 Å². The zero-order valence-corrected chi connectivity index (χ0v) is 11.6. The molecule has 0 radical (unpaired) electrons. The summed E-state index contributed by atoms with van der Waals surface area (Å²) in [5, 5.41) is 2.80. The van der Waals surface area contributed by atoms with E-state index in [2.05, 4.69) is 21.2 Å². The molecular weight excluding hydrogens is 296 g/mol. The number of piperidine rings is 1. The topological polar surface area (TPSA) is 49.4 Å². The number of anilines is 1. The minimum Gasteiger partial charge on any atom is -0.333 e. The van der Waals surface area contributed by atoms with E-state index in [1.807, 2.05) is 24.3 Å². The maximum atomic E-state index is 11.9. The zero-order valence-electron chi connectivity index (χ0n) is 9.99. The molecule has 96 valence electrons. The first kappa shape index (κ1) is 13.1. The zero-order chi connectivity index (χ0) is 13.0. The quantitative estimate of drug-likeness (QED) is 0.932. The molecular formula is C13H15BrN2O2. The average molecular weight is 311 g/mol. The second-order valence-corrected chi connectivity index (χ2v) is 5.15. The van der Waals surface area contributed by atoms with Gasteiger partial charge in [-0.3, -0.25) is 9.59 Å². The lowest BCUT2D eigenvalue weighted by Crippen LogP contribution is -2.40. The van der Waals surface area contributed by atoms with Crippen LogP contribution >= 0.6 is 15.9 Å². The summed E-state index contributed by atoms with van der Waals surface area (Å²) >= 11 is 3.37. The number of carbonyl (C=O) groups is 2. The monoisotopic (exact) mass is 310 g/mol. The third-order valence-corrected chi connectivity index (χ3v) is 3.60. The van der Waals surface area contributed by atoms with Crippen molar-refractivity contribution in [3.8, 4) is 0 Å². The molecule has 2 rings (SSSR count). The molecule has 1 heterocycles. The van der Waals surface area contributed by atoms with Crippen molar-refractivity contribution in [2.45, 2.75) is 19.3 Å². The van der Waals surface area contributed by atoms with E-state index in [9.17, 15) is 9.59 Å². The minimum atomic E-state index is -0.155. The summed E-state index contributed by atoms with van der Waals surface area (Å²) in [5.74, 6) is -0.0827. The van der Waals surface area contributed by atoms with Gasteiger partial charge in [-0.25, -0.2) is 0 Å². The highest BCUT2D eigenvalue weighted by Crippen LogP contribution is 2.21. The number of para-hydroxylation sites is 1. The Morgan fingerprint density at radius 2 is 2.11 bits per heavy atom. The molecule has 0 aliphatic carbocycles. The second kappa shape index (κ2) is 6.00. The molecule has 0 bridgehead atoms. The smallest absolute Gasteiger partial charge is 0.244 e. The number of halogens is 1. The first-order valence-corrected chi connectivity index (χ1v) is 6.78. The maximum Gasteiger partial charge on any atom is 0.244 e. The van der Waals surface area contributed by atoms with Crippen molar-refractivity contribution in [2.24, 2.45) is 0 Å². The molecule has 1 N–H and O–H groups in total. The number of amides is 2. The average Bonchev–Trinajstić information content (AvgIpc) is 2.35. The van der Waals surface area contributed by atoms with Gasteiger partial charge in [0.1, 0.15) is 0 Å². The van der Waals surface area contributed by atoms with E-state index >= 15 is 0 Å². The van der Waals surface area contributed by atoms with Crippen LogP contribution in [-0.4, -0.2) is 29.8 Å². The van der Waals surface area contributed by atoms with Crippen LogP contribution < -0.4 is 5.32 Å². The number of rotatable bonds is 3. The largest absolute Gasteiger partial charge is 0.333 e. The van der Waals surface area contributed by atoms with Gasteiger partial charge in [0, 0.05) is 17.4 Å². The number of benzene rings is 1. The highest BCUT2D eigenvalue weighted by molar-refractivity contribution is 9.10. The number of hydrogen-bond acceptors (Lipinski definition) is 2. The Labute approximate surface area is 114 Å². The molecule has 1 fully saturated rings. The number of carbonyl (C=O) groups excluding carboxylic acids is 2. The van der Waals surface area contributed by atoms with Gasteiger partial charge in [-0.2, -0.15) is 0 Å². The molecule has 1 aromatic carbocycles. The summed E-state index contributed by atoms with van der Waals surface area (Å²) in [6.45, 7) is 0.822. The molecule has 0 unspecified atom stereocenters. The molecule has 2 amide bonds. The van der Waals surface area contributed by atoms with Gasteiger partial charge >= 0.3 is 0 Å². The van der Waals surface area contributed by atoms with Gasteiger partial charge in [0.15, 0.2) is 0 Å². The van der Waals surface area contributed by atoms with Crippen LogP contribution in [0.1, 0.15) is 19.3 Å². The third-order valence-electron chi connectivity index (χ3n) is 2.90. The summed E-state index contributed by atoms with van der Waals surface area (Å²) in [4.78, 5) is 25.1. The fraction of sp³-hybridized carbons (Fsp3) is 0.385. The Balaban J connectivity index is 1.92. The van der Waals surface area contributed by atoms with Crippen LogP contribution in [0.15, 0.2) is 28.7 Å². The van der Waals surface area contributed by atoms with Crippen molar-refractivity contribution in [3.05, 3.63) is 28.7 Å². The summed E-state index contributed by atoms with van der Waals surface area (Å²) in [6.07, 6.45) is 2.47. The van der Waals surface area contributed by atoms with Crippen LogP contribution in [-0.2, 0) is 9.59 Å². The standard InChI is InChI=1S/C13H15BrN2O2/c14-10-5-1-2-6-11(10)15-12(17)9-16-8-4-3-7-13(16)18/h1-2,5-6H,3-4,7-9H2,(H,15,17). The number of nitrogens with one attached hydrogen (secondary N) is 1. The minimum absolute atomic E-state index is 0.0727. The Morgan fingerprint density at radius 3 is 2.83 bits per heavy atom. The molecule has 0 spiro atoms. The SMILES string of the molecule is O=C(CN1CCCCC1=O)Nc1ccccc1Br.